The first-order chi connectivity index (χ1) is 16.8. The van der Waals surface area contributed by atoms with Crippen LogP contribution in [-0.4, -0.2) is 101 Å². The van der Waals surface area contributed by atoms with Crippen molar-refractivity contribution in [3.05, 3.63) is 0 Å². The van der Waals surface area contributed by atoms with E-state index in [1.54, 1.807) is 0 Å². The van der Waals surface area contributed by atoms with E-state index in [-0.39, 0.29) is 25.3 Å². The molecule has 0 aliphatic heterocycles. The van der Waals surface area contributed by atoms with Gasteiger partial charge in [0.2, 0.25) is 23.6 Å². The molecule has 0 rings (SSSR count). The average Bonchev–Trinajstić information content (AvgIpc) is 2.77. The minimum absolute atomic E-state index is 0.0696. The molecule has 18 heteroatoms. The molecular formula is C18H30N8O10. The molecule has 36 heavy (non-hydrogen) atoms. The summed E-state index contributed by atoms with van der Waals surface area (Å²) in [5, 5.41) is 35.1. The van der Waals surface area contributed by atoms with Crippen molar-refractivity contribution in [2.75, 3.05) is 19.6 Å². The number of carbonyl (C=O) groups excluding carboxylic acids is 4. The van der Waals surface area contributed by atoms with Gasteiger partial charge in [-0.3, -0.25) is 33.8 Å². The molecule has 0 radical (unpaired) electrons. The van der Waals surface area contributed by atoms with Gasteiger partial charge in [0.1, 0.15) is 18.1 Å². The number of carboxylic acids is 3. The number of hydrogen-bond donors (Lipinski definition) is 10. The van der Waals surface area contributed by atoms with Gasteiger partial charge in [0, 0.05) is 6.54 Å². The number of carboxylic acid groups (broad SMARTS) is 3. The molecule has 0 bridgehead atoms. The third kappa shape index (κ3) is 13.9. The molecule has 18 nitrogen and oxygen atoms in total. The summed E-state index contributed by atoms with van der Waals surface area (Å²) in [7, 11) is 0. The van der Waals surface area contributed by atoms with Crippen LogP contribution in [0.1, 0.15) is 25.7 Å². The molecule has 0 aliphatic rings. The number of guanidine groups is 1. The zero-order chi connectivity index (χ0) is 27.8. The van der Waals surface area contributed by atoms with Crippen LogP contribution in [-0.2, 0) is 33.6 Å². The number of nitrogens with one attached hydrogen (secondary N) is 4. The number of hydrogen-bond acceptors (Lipinski definition) is 9. The van der Waals surface area contributed by atoms with E-state index in [4.69, 9.17) is 32.5 Å². The van der Waals surface area contributed by atoms with Crippen molar-refractivity contribution in [3.8, 4) is 0 Å². The Hall–Kier alpha value is -4.48. The van der Waals surface area contributed by atoms with Crippen molar-refractivity contribution < 1.29 is 48.9 Å². The zero-order valence-corrected chi connectivity index (χ0v) is 19.1. The molecule has 0 saturated heterocycles. The summed E-state index contributed by atoms with van der Waals surface area (Å²) in [6.45, 7) is -1.01. The van der Waals surface area contributed by atoms with E-state index in [2.05, 4.69) is 15.6 Å². The van der Waals surface area contributed by atoms with Crippen LogP contribution in [0.4, 0.5) is 0 Å². The lowest BCUT2D eigenvalue weighted by atomic mass is 10.1. The predicted molar refractivity (Wildman–Crippen MR) is 120 cm³/mol. The predicted octanol–water partition coefficient (Wildman–Crippen LogP) is -5.40. The Morgan fingerprint density at radius 1 is 0.750 bits per heavy atom. The minimum atomic E-state index is -1.88. The average molecular weight is 518 g/mol. The third-order valence-electron chi connectivity index (χ3n) is 4.23. The molecule has 0 unspecified atom stereocenters. The van der Waals surface area contributed by atoms with E-state index >= 15 is 0 Å². The van der Waals surface area contributed by atoms with Gasteiger partial charge in [-0.25, -0.2) is 4.79 Å². The van der Waals surface area contributed by atoms with Crippen LogP contribution in [0.5, 0.6) is 0 Å². The number of rotatable bonds is 17. The molecule has 0 saturated carbocycles. The number of nitrogens with two attached hydrogens (primary N) is 3. The normalized spacial score (nSPS) is 12.7. The monoisotopic (exact) mass is 518 g/mol. The topological polar surface area (TPSA) is 319 Å². The minimum Gasteiger partial charge on any atom is -0.481 e. The summed E-state index contributed by atoms with van der Waals surface area (Å²) < 4.78 is 0. The van der Waals surface area contributed by atoms with E-state index in [1.165, 1.54) is 0 Å². The molecule has 0 spiro atoms. The molecule has 0 fully saturated rings. The van der Waals surface area contributed by atoms with Crippen LogP contribution in [0.2, 0.25) is 0 Å². The second-order valence-electron chi connectivity index (χ2n) is 7.21. The van der Waals surface area contributed by atoms with Crippen molar-refractivity contribution in [2.24, 2.45) is 22.2 Å². The highest BCUT2D eigenvalue weighted by Crippen LogP contribution is 2.00. The SMILES string of the molecule is NCC(=O)N[C@@H](CCCN=C(N)N)C(=O)NCC(=O)N[C@@H](CC(=O)O)C(=O)N[C@@H](CC(=O)O)C(=O)O. The molecule has 4 amide bonds. The summed E-state index contributed by atoms with van der Waals surface area (Å²) in [6, 6.07) is -4.78. The summed E-state index contributed by atoms with van der Waals surface area (Å²) in [4.78, 5) is 85.2. The van der Waals surface area contributed by atoms with E-state index in [0.29, 0.717) is 0 Å². The Labute approximate surface area is 204 Å². The molecule has 0 heterocycles. The molecular weight excluding hydrogens is 488 g/mol. The van der Waals surface area contributed by atoms with Crippen LogP contribution in [0.15, 0.2) is 4.99 Å². The number of amides is 4. The summed E-state index contributed by atoms with van der Waals surface area (Å²) in [6.07, 6.45) is -1.62. The van der Waals surface area contributed by atoms with E-state index in [0.717, 1.165) is 0 Å². The fraction of sp³-hybridized carbons (Fsp3) is 0.556. The summed E-state index contributed by atoms with van der Waals surface area (Å²) in [5.74, 6) is -8.69. The maximum atomic E-state index is 12.4. The Bertz CT molecular complexity index is 874. The van der Waals surface area contributed by atoms with Crippen molar-refractivity contribution in [3.63, 3.8) is 0 Å². The van der Waals surface area contributed by atoms with E-state index in [9.17, 15) is 33.6 Å². The van der Waals surface area contributed by atoms with Crippen molar-refractivity contribution >= 4 is 47.5 Å². The number of nitrogens with zero attached hydrogens (tertiary/aromatic N) is 1. The van der Waals surface area contributed by atoms with Gasteiger partial charge in [-0.15, -0.1) is 0 Å². The van der Waals surface area contributed by atoms with Crippen molar-refractivity contribution in [1.82, 2.24) is 21.3 Å². The molecule has 0 aromatic heterocycles. The standard InChI is InChI=1S/C18H30N8O10/c19-6-11(27)24-8(2-1-3-22-18(20)21)15(33)23-7-12(28)25-9(4-13(29)30)16(34)26-10(17(35)36)5-14(31)32/h8-10H,1-7,19H2,(H,23,33)(H,24,27)(H,25,28)(H,26,34)(H,29,30)(H,31,32)(H,35,36)(H4,20,21,22)/t8-,9-,10-/m0/s1. The maximum absolute atomic E-state index is 12.4. The molecule has 3 atom stereocenters. The molecule has 13 N–H and O–H groups in total. The van der Waals surface area contributed by atoms with Gasteiger partial charge in [0.15, 0.2) is 5.96 Å². The van der Waals surface area contributed by atoms with Gasteiger partial charge in [0.05, 0.1) is 25.9 Å². The van der Waals surface area contributed by atoms with Crippen LogP contribution >= 0.6 is 0 Å². The van der Waals surface area contributed by atoms with Gasteiger partial charge < -0.3 is 53.8 Å². The third-order valence-corrected chi connectivity index (χ3v) is 4.23. The number of aliphatic carboxylic acids is 3. The second-order valence-corrected chi connectivity index (χ2v) is 7.21. The number of aliphatic imine (C=N–C) groups is 1. The van der Waals surface area contributed by atoms with Gasteiger partial charge in [-0.2, -0.15) is 0 Å². The Morgan fingerprint density at radius 3 is 1.81 bits per heavy atom. The van der Waals surface area contributed by atoms with E-state index in [1.807, 2.05) is 10.6 Å². The fourth-order valence-electron chi connectivity index (χ4n) is 2.59. The number of carbonyl (C=O) groups is 7. The Kier molecular flexibility index (Phi) is 14.2. The quantitative estimate of drug-likeness (QED) is 0.0489. The first-order valence-corrected chi connectivity index (χ1v) is 10.3. The first-order valence-electron chi connectivity index (χ1n) is 10.3. The van der Waals surface area contributed by atoms with Gasteiger partial charge in [-0.05, 0) is 12.8 Å². The van der Waals surface area contributed by atoms with Crippen LogP contribution in [0.25, 0.3) is 0 Å². The molecule has 202 valence electrons. The highest BCUT2D eigenvalue weighted by atomic mass is 16.4. The molecule has 0 aromatic carbocycles. The summed E-state index contributed by atoms with van der Waals surface area (Å²) >= 11 is 0. The maximum Gasteiger partial charge on any atom is 0.326 e. The van der Waals surface area contributed by atoms with Gasteiger partial charge in [-0.1, -0.05) is 0 Å². The lowest BCUT2D eigenvalue weighted by Gasteiger charge is -2.21. The summed E-state index contributed by atoms with van der Waals surface area (Å²) in [5.41, 5.74) is 15.6. The van der Waals surface area contributed by atoms with Crippen molar-refractivity contribution in [2.45, 2.75) is 43.8 Å². The fourth-order valence-corrected chi connectivity index (χ4v) is 2.59. The second kappa shape index (κ2) is 16.2. The first kappa shape index (κ1) is 31.5. The van der Waals surface area contributed by atoms with Crippen LogP contribution in [0.3, 0.4) is 0 Å². The van der Waals surface area contributed by atoms with Crippen LogP contribution < -0.4 is 38.5 Å². The Balaban J connectivity index is 5.15. The van der Waals surface area contributed by atoms with Crippen LogP contribution in [0, 0.1) is 0 Å². The highest BCUT2D eigenvalue weighted by molar-refractivity contribution is 5.95. The smallest absolute Gasteiger partial charge is 0.326 e. The van der Waals surface area contributed by atoms with E-state index < -0.39 is 85.6 Å². The van der Waals surface area contributed by atoms with Gasteiger partial charge >= 0.3 is 17.9 Å². The zero-order valence-electron chi connectivity index (χ0n) is 19.1. The largest absolute Gasteiger partial charge is 0.481 e. The van der Waals surface area contributed by atoms with Gasteiger partial charge in [0.25, 0.3) is 0 Å². The molecule has 0 aliphatic carbocycles. The Morgan fingerprint density at radius 2 is 1.31 bits per heavy atom. The highest BCUT2D eigenvalue weighted by Gasteiger charge is 2.30. The lowest BCUT2D eigenvalue weighted by molar-refractivity contribution is -0.148. The molecule has 0 aromatic rings. The lowest BCUT2D eigenvalue weighted by Crippen LogP contribution is -2.55. The van der Waals surface area contributed by atoms with Crippen molar-refractivity contribution in [1.29, 1.82) is 0 Å².